The lowest BCUT2D eigenvalue weighted by atomic mass is 10.2. The summed E-state index contributed by atoms with van der Waals surface area (Å²) in [7, 11) is 0. The fraction of sp³-hybridized carbons (Fsp3) is 0.125. The number of nitrogens with zero attached hydrogens (tertiary/aromatic N) is 4. The maximum atomic E-state index is 13.6. The highest BCUT2D eigenvalue weighted by Gasteiger charge is 2.16. The van der Waals surface area contributed by atoms with Crippen molar-refractivity contribution in [1.82, 2.24) is 14.5 Å². The molecule has 22 heavy (non-hydrogen) atoms. The molecule has 0 radical (unpaired) electrons. The van der Waals surface area contributed by atoms with E-state index in [1.54, 1.807) is 13.0 Å². The van der Waals surface area contributed by atoms with E-state index in [4.69, 9.17) is 5.26 Å². The van der Waals surface area contributed by atoms with E-state index in [1.807, 2.05) is 0 Å². The fourth-order valence-electron chi connectivity index (χ4n) is 1.87. The molecule has 2 rings (SSSR count). The first-order valence-corrected chi connectivity index (χ1v) is 6.25. The summed E-state index contributed by atoms with van der Waals surface area (Å²) in [5.41, 5.74) is -0.237. The van der Waals surface area contributed by atoms with Gasteiger partial charge in [0.25, 0.3) is 5.56 Å². The Morgan fingerprint density at radius 1 is 1.59 bits per heavy atom. The van der Waals surface area contributed by atoms with Crippen LogP contribution in [0, 0.1) is 36.0 Å². The number of fused-ring (bicyclic) bond motifs is 1. The van der Waals surface area contributed by atoms with Gasteiger partial charge in [0.05, 0.1) is 23.6 Å². The largest absolute Gasteiger partial charge is 0.284 e. The minimum Gasteiger partial charge on any atom is -0.284 e. The van der Waals surface area contributed by atoms with Crippen molar-refractivity contribution in [3.05, 3.63) is 58.7 Å². The number of hydrogen-bond acceptors (Lipinski definition) is 4. The Morgan fingerprint density at radius 3 is 2.95 bits per heavy atom. The zero-order valence-electron chi connectivity index (χ0n) is 11.9. The molecule has 108 valence electrons. The van der Waals surface area contributed by atoms with Crippen LogP contribution in [-0.2, 0) is 6.54 Å². The number of pyridine rings is 1. The van der Waals surface area contributed by atoms with Gasteiger partial charge in [-0.3, -0.25) is 9.36 Å². The summed E-state index contributed by atoms with van der Waals surface area (Å²) in [5.74, 6) is 4.89. The van der Waals surface area contributed by atoms with E-state index in [0.717, 1.165) is 6.20 Å². The highest BCUT2D eigenvalue weighted by molar-refractivity contribution is 5.82. The summed E-state index contributed by atoms with van der Waals surface area (Å²) in [4.78, 5) is 20.1. The van der Waals surface area contributed by atoms with Gasteiger partial charge in [-0.2, -0.15) is 9.65 Å². The molecule has 6 heteroatoms. The van der Waals surface area contributed by atoms with E-state index in [-0.39, 0.29) is 17.4 Å². The smallest absolute Gasteiger partial charge is 0.263 e. The first-order valence-electron chi connectivity index (χ1n) is 6.25. The molecule has 0 unspecified atom stereocenters. The Hall–Kier alpha value is -3.25. The average molecular weight is 294 g/mol. The van der Waals surface area contributed by atoms with Gasteiger partial charge in [0.15, 0.2) is 0 Å². The SMILES string of the molecule is C=CC(=C)C#CCn1c(C)nc2cnc(F)c(C#N)c2c1=O. The van der Waals surface area contributed by atoms with Crippen LogP contribution in [0.1, 0.15) is 11.4 Å². The Balaban J connectivity index is 2.68. The minimum atomic E-state index is -0.990. The predicted molar refractivity (Wildman–Crippen MR) is 80.3 cm³/mol. The van der Waals surface area contributed by atoms with Crippen LogP contribution in [0.5, 0.6) is 0 Å². The summed E-state index contributed by atoms with van der Waals surface area (Å²) >= 11 is 0. The second kappa shape index (κ2) is 6.02. The molecule has 0 saturated heterocycles. The molecular weight excluding hydrogens is 283 g/mol. The third kappa shape index (κ3) is 2.63. The highest BCUT2D eigenvalue weighted by Crippen LogP contribution is 2.14. The molecule has 0 aliphatic heterocycles. The third-order valence-corrected chi connectivity index (χ3v) is 2.99. The quantitative estimate of drug-likeness (QED) is 0.481. The topological polar surface area (TPSA) is 71.6 Å². The van der Waals surface area contributed by atoms with Crippen molar-refractivity contribution in [3.8, 4) is 17.9 Å². The van der Waals surface area contributed by atoms with Crippen molar-refractivity contribution in [2.75, 3.05) is 0 Å². The fourth-order valence-corrected chi connectivity index (χ4v) is 1.87. The van der Waals surface area contributed by atoms with Crippen LogP contribution in [-0.4, -0.2) is 14.5 Å². The predicted octanol–water partition coefficient (Wildman–Crippen LogP) is 1.86. The van der Waals surface area contributed by atoms with E-state index in [0.29, 0.717) is 11.4 Å². The Labute approximate surface area is 126 Å². The number of nitriles is 1. The molecule has 0 saturated carbocycles. The van der Waals surface area contributed by atoms with E-state index in [9.17, 15) is 9.18 Å². The normalized spacial score (nSPS) is 9.68. The molecule has 0 spiro atoms. The maximum absolute atomic E-state index is 13.6. The Kier molecular flexibility index (Phi) is 4.15. The lowest BCUT2D eigenvalue weighted by molar-refractivity contribution is 0.581. The number of aryl methyl sites for hydroxylation is 1. The molecule has 0 amide bonds. The molecule has 0 N–H and O–H groups in total. The van der Waals surface area contributed by atoms with Crippen LogP contribution in [0.3, 0.4) is 0 Å². The lowest BCUT2D eigenvalue weighted by Crippen LogP contribution is -2.24. The number of halogens is 1. The van der Waals surface area contributed by atoms with Crippen molar-refractivity contribution >= 4 is 10.9 Å². The lowest BCUT2D eigenvalue weighted by Gasteiger charge is -2.08. The van der Waals surface area contributed by atoms with Gasteiger partial charge in [-0.25, -0.2) is 9.97 Å². The van der Waals surface area contributed by atoms with Gasteiger partial charge in [-0.05, 0) is 6.92 Å². The van der Waals surface area contributed by atoms with E-state index < -0.39 is 17.1 Å². The molecule has 2 aromatic heterocycles. The molecule has 0 aliphatic carbocycles. The zero-order chi connectivity index (χ0) is 16.3. The summed E-state index contributed by atoms with van der Waals surface area (Å²) in [6, 6.07) is 1.65. The number of hydrogen-bond donors (Lipinski definition) is 0. The van der Waals surface area contributed by atoms with E-state index in [2.05, 4.69) is 35.0 Å². The highest BCUT2D eigenvalue weighted by atomic mass is 19.1. The summed E-state index contributed by atoms with van der Waals surface area (Å²) in [6.45, 7) is 8.85. The molecular formula is C16H11FN4O. The third-order valence-electron chi connectivity index (χ3n) is 2.99. The summed E-state index contributed by atoms with van der Waals surface area (Å²) in [5, 5.41) is 8.93. The molecule has 0 aliphatic rings. The first-order chi connectivity index (χ1) is 10.5. The molecule has 5 nitrogen and oxygen atoms in total. The van der Waals surface area contributed by atoms with Gasteiger partial charge >= 0.3 is 0 Å². The van der Waals surface area contributed by atoms with Crippen LogP contribution >= 0.6 is 0 Å². The molecule has 0 fully saturated rings. The van der Waals surface area contributed by atoms with Crippen molar-refractivity contribution in [2.24, 2.45) is 0 Å². The first kappa shape index (κ1) is 15.1. The minimum absolute atomic E-state index is 0.0509. The number of allylic oxidation sites excluding steroid dienone is 2. The summed E-state index contributed by atoms with van der Waals surface area (Å²) < 4.78 is 14.8. The Bertz CT molecular complexity index is 954. The molecule has 0 bridgehead atoms. The van der Waals surface area contributed by atoms with Crippen LogP contribution < -0.4 is 5.56 Å². The Morgan fingerprint density at radius 2 is 2.32 bits per heavy atom. The molecule has 2 aromatic rings. The van der Waals surface area contributed by atoms with Crippen LogP contribution in [0.4, 0.5) is 4.39 Å². The number of aromatic nitrogens is 3. The average Bonchev–Trinajstić information content (AvgIpc) is 2.50. The van der Waals surface area contributed by atoms with Gasteiger partial charge in [0.2, 0.25) is 5.95 Å². The van der Waals surface area contributed by atoms with Gasteiger partial charge in [-0.1, -0.05) is 31.1 Å². The van der Waals surface area contributed by atoms with E-state index >= 15 is 0 Å². The second-order valence-corrected chi connectivity index (χ2v) is 4.38. The van der Waals surface area contributed by atoms with Crippen molar-refractivity contribution < 1.29 is 4.39 Å². The van der Waals surface area contributed by atoms with Gasteiger partial charge < -0.3 is 0 Å². The van der Waals surface area contributed by atoms with Crippen LogP contribution in [0.25, 0.3) is 10.9 Å². The van der Waals surface area contributed by atoms with Crippen molar-refractivity contribution in [1.29, 1.82) is 5.26 Å². The maximum Gasteiger partial charge on any atom is 0.263 e. The van der Waals surface area contributed by atoms with Crippen molar-refractivity contribution in [3.63, 3.8) is 0 Å². The van der Waals surface area contributed by atoms with Gasteiger partial charge in [-0.15, -0.1) is 0 Å². The number of rotatable bonds is 2. The van der Waals surface area contributed by atoms with Crippen LogP contribution in [0.2, 0.25) is 0 Å². The molecule has 0 atom stereocenters. The second-order valence-electron chi connectivity index (χ2n) is 4.38. The van der Waals surface area contributed by atoms with E-state index in [1.165, 1.54) is 10.6 Å². The molecule has 0 aromatic carbocycles. The van der Waals surface area contributed by atoms with Crippen molar-refractivity contribution in [2.45, 2.75) is 13.5 Å². The van der Waals surface area contributed by atoms with Gasteiger partial charge in [0, 0.05) is 5.57 Å². The monoisotopic (exact) mass is 294 g/mol. The van der Waals surface area contributed by atoms with Gasteiger partial charge in [0.1, 0.15) is 17.5 Å². The standard InChI is InChI=1S/C16H11FN4O/c1-4-10(2)6-5-7-21-11(3)20-13-9-19-15(17)12(8-18)14(13)16(21)22/h4,9H,1-2,7H2,3H3. The summed E-state index contributed by atoms with van der Waals surface area (Å²) in [6.07, 6.45) is 2.63. The van der Waals surface area contributed by atoms with Crippen LogP contribution in [0.15, 0.2) is 35.8 Å². The zero-order valence-corrected chi connectivity index (χ0v) is 11.9. The molecule has 2 heterocycles.